The lowest BCUT2D eigenvalue weighted by Crippen LogP contribution is -2.49. The molecule has 1 aromatic carbocycles. The molecule has 3 rings (SSSR count). The number of anilines is 1. The molecule has 0 aliphatic heterocycles. The van der Waals surface area contributed by atoms with Crippen molar-refractivity contribution in [2.75, 3.05) is 5.73 Å². The smallest absolute Gasteiger partial charge is 0.146 e. The van der Waals surface area contributed by atoms with E-state index >= 15 is 0 Å². The molecule has 1 aliphatic rings. The maximum absolute atomic E-state index is 13.8. The van der Waals surface area contributed by atoms with Crippen LogP contribution in [-0.2, 0) is 16.5 Å². The monoisotopic (exact) mass is 389 g/mol. The number of rotatable bonds is 7. The third-order valence-corrected chi connectivity index (χ3v) is 6.76. The zero-order valence-corrected chi connectivity index (χ0v) is 17.0. The number of nitrogens with one attached hydrogen (secondary N) is 1. The van der Waals surface area contributed by atoms with Crippen LogP contribution in [0.25, 0.3) is 0 Å². The second-order valence-corrected chi connectivity index (χ2v) is 10.3. The fourth-order valence-electron chi connectivity index (χ4n) is 3.21. The van der Waals surface area contributed by atoms with Gasteiger partial charge in [0, 0.05) is 12.4 Å². The van der Waals surface area contributed by atoms with Gasteiger partial charge in [-0.3, -0.25) is 4.98 Å². The highest BCUT2D eigenvalue weighted by atomic mass is 32.2. The van der Waals surface area contributed by atoms with Crippen LogP contribution >= 0.6 is 0 Å². The molecule has 3 N–H and O–H groups in total. The lowest BCUT2D eigenvalue weighted by molar-refractivity contribution is 0.415. The lowest BCUT2D eigenvalue weighted by Gasteiger charge is -2.38. The van der Waals surface area contributed by atoms with Crippen molar-refractivity contribution in [1.82, 2.24) is 9.71 Å². The SMILES string of the molecule is CC(C)(C)[S@](=O)NC(CCC1CC1)(c1ccncc1)c1ccc(F)c(N)c1. The van der Waals surface area contributed by atoms with Crippen molar-refractivity contribution in [3.63, 3.8) is 0 Å². The first-order valence-corrected chi connectivity index (χ1v) is 10.5. The van der Waals surface area contributed by atoms with Gasteiger partial charge >= 0.3 is 0 Å². The van der Waals surface area contributed by atoms with E-state index in [0.717, 1.165) is 24.0 Å². The van der Waals surface area contributed by atoms with Crippen LogP contribution in [0.4, 0.5) is 10.1 Å². The summed E-state index contributed by atoms with van der Waals surface area (Å²) in [7, 11) is -1.32. The molecule has 146 valence electrons. The highest BCUT2D eigenvalue weighted by Gasteiger charge is 2.40. The van der Waals surface area contributed by atoms with Gasteiger partial charge in [0.1, 0.15) is 5.82 Å². The molecule has 27 heavy (non-hydrogen) atoms. The normalized spacial score (nSPS) is 18.1. The van der Waals surface area contributed by atoms with Gasteiger partial charge in [-0.05, 0) is 74.9 Å². The summed E-state index contributed by atoms with van der Waals surface area (Å²) in [6, 6.07) is 8.65. The van der Waals surface area contributed by atoms with Crippen LogP contribution in [0.2, 0.25) is 0 Å². The van der Waals surface area contributed by atoms with Crippen LogP contribution in [0.15, 0.2) is 42.7 Å². The van der Waals surface area contributed by atoms with E-state index in [9.17, 15) is 8.60 Å². The maximum atomic E-state index is 13.8. The molecule has 0 amide bonds. The molecule has 2 atom stereocenters. The summed E-state index contributed by atoms with van der Waals surface area (Å²) in [4.78, 5) is 4.13. The summed E-state index contributed by atoms with van der Waals surface area (Å²) in [6.45, 7) is 5.81. The third-order valence-electron chi connectivity index (χ3n) is 5.11. The summed E-state index contributed by atoms with van der Waals surface area (Å²) in [5, 5.41) is 0. The Labute approximate surface area is 163 Å². The van der Waals surface area contributed by atoms with Gasteiger partial charge in [0.2, 0.25) is 0 Å². The van der Waals surface area contributed by atoms with Gasteiger partial charge in [-0.25, -0.2) is 13.3 Å². The van der Waals surface area contributed by atoms with E-state index in [1.54, 1.807) is 24.5 Å². The summed E-state index contributed by atoms with van der Waals surface area (Å²) in [5.74, 6) is 0.260. The standard InChI is InChI=1S/C21H28FN3OS/c1-20(2,3)27(26)25-21(11-8-15-4-5-15,16-9-12-24-13-10-16)17-6-7-18(22)19(23)14-17/h6-7,9-10,12-15,25H,4-5,8,11,23H2,1-3H3/t21?,27-/m0/s1. The summed E-state index contributed by atoms with van der Waals surface area (Å²) < 4.78 is 29.9. The third kappa shape index (κ3) is 4.55. The Morgan fingerprint density at radius 1 is 1.19 bits per heavy atom. The highest BCUT2D eigenvalue weighted by Crippen LogP contribution is 2.42. The minimum Gasteiger partial charge on any atom is -0.396 e. The Balaban J connectivity index is 2.13. The van der Waals surface area contributed by atoms with E-state index in [-0.39, 0.29) is 5.69 Å². The van der Waals surface area contributed by atoms with Crippen LogP contribution in [0, 0.1) is 11.7 Å². The topological polar surface area (TPSA) is 68.0 Å². The van der Waals surface area contributed by atoms with Crippen LogP contribution in [0.3, 0.4) is 0 Å². The minimum atomic E-state index is -1.32. The van der Waals surface area contributed by atoms with Crippen LogP contribution in [0.5, 0.6) is 0 Å². The Morgan fingerprint density at radius 3 is 2.41 bits per heavy atom. The van der Waals surface area contributed by atoms with Crippen molar-refractivity contribution in [2.45, 2.75) is 56.7 Å². The van der Waals surface area contributed by atoms with Crippen molar-refractivity contribution in [1.29, 1.82) is 0 Å². The first-order valence-electron chi connectivity index (χ1n) is 9.38. The van der Waals surface area contributed by atoms with Crippen molar-refractivity contribution >= 4 is 16.7 Å². The number of nitrogen functional groups attached to an aromatic ring is 1. The number of aromatic nitrogens is 1. The molecule has 0 saturated heterocycles. The molecule has 1 unspecified atom stereocenters. The number of halogens is 1. The molecular weight excluding hydrogens is 361 g/mol. The van der Waals surface area contributed by atoms with Crippen molar-refractivity contribution in [3.8, 4) is 0 Å². The zero-order valence-electron chi connectivity index (χ0n) is 16.2. The highest BCUT2D eigenvalue weighted by molar-refractivity contribution is 7.84. The van der Waals surface area contributed by atoms with Gasteiger partial charge in [0.25, 0.3) is 0 Å². The van der Waals surface area contributed by atoms with Crippen LogP contribution in [-0.4, -0.2) is 13.9 Å². The average Bonchev–Trinajstić information content (AvgIpc) is 3.45. The first kappa shape index (κ1) is 20.0. The van der Waals surface area contributed by atoms with Crippen molar-refractivity contribution in [2.24, 2.45) is 5.92 Å². The molecule has 0 bridgehead atoms. The fourth-order valence-corrected chi connectivity index (χ4v) is 4.17. The number of hydrogen-bond acceptors (Lipinski definition) is 3. The lowest BCUT2D eigenvalue weighted by atomic mass is 9.79. The molecule has 0 spiro atoms. The summed E-state index contributed by atoms with van der Waals surface area (Å²) in [6.07, 6.45) is 7.70. The largest absolute Gasteiger partial charge is 0.396 e. The van der Waals surface area contributed by atoms with Crippen LogP contribution in [0.1, 0.15) is 57.6 Å². The molecule has 1 saturated carbocycles. The van der Waals surface area contributed by atoms with Gasteiger partial charge in [-0.1, -0.05) is 18.9 Å². The van der Waals surface area contributed by atoms with Gasteiger partial charge in [-0.2, -0.15) is 0 Å². The van der Waals surface area contributed by atoms with Crippen molar-refractivity contribution < 1.29 is 8.60 Å². The molecule has 1 aromatic heterocycles. The van der Waals surface area contributed by atoms with E-state index < -0.39 is 27.1 Å². The molecule has 4 nitrogen and oxygen atoms in total. The quantitative estimate of drug-likeness (QED) is 0.694. The maximum Gasteiger partial charge on any atom is 0.146 e. The zero-order chi connectivity index (χ0) is 19.7. The number of nitrogens with zero attached hydrogens (tertiary/aromatic N) is 1. The summed E-state index contributed by atoms with van der Waals surface area (Å²) >= 11 is 0. The van der Waals surface area contributed by atoms with E-state index in [1.165, 1.54) is 18.9 Å². The fraction of sp³-hybridized carbons (Fsp3) is 0.476. The molecule has 6 heteroatoms. The molecule has 2 aromatic rings. The van der Waals surface area contributed by atoms with Gasteiger partial charge < -0.3 is 5.73 Å². The number of pyridine rings is 1. The Morgan fingerprint density at radius 2 is 1.85 bits per heavy atom. The van der Waals surface area contributed by atoms with E-state index in [4.69, 9.17) is 5.73 Å². The molecular formula is C21H28FN3OS. The molecule has 1 aliphatic carbocycles. The second-order valence-electron chi connectivity index (χ2n) is 8.34. The van der Waals surface area contributed by atoms with Gasteiger partial charge in [0.15, 0.2) is 0 Å². The van der Waals surface area contributed by atoms with E-state index in [2.05, 4.69) is 9.71 Å². The first-order chi connectivity index (χ1) is 12.7. The Kier molecular flexibility index (Phi) is 5.68. The second kappa shape index (κ2) is 7.68. The average molecular weight is 390 g/mol. The predicted octanol–water partition coefficient (Wildman–Crippen LogP) is 4.29. The number of nitrogens with two attached hydrogens (primary N) is 1. The Bertz CT molecular complexity index is 818. The van der Waals surface area contributed by atoms with E-state index in [1.807, 2.05) is 32.9 Å². The minimum absolute atomic E-state index is 0.0979. The summed E-state index contributed by atoms with van der Waals surface area (Å²) in [5.41, 5.74) is 7.06. The number of benzene rings is 1. The molecule has 1 fully saturated rings. The van der Waals surface area contributed by atoms with Crippen LogP contribution < -0.4 is 10.5 Å². The number of hydrogen-bond donors (Lipinski definition) is 2. The van der Waals surface area contributed by atoms with E-state index in [0.29, 0.717) is 5.92 Å². The Hall–Kier alpha value is -1.79. The molecule has 0 radical (unpaired) electrons. The van der Waals surface area contributed by atoms with Gasteiger partial charge in [-0.15, -0.1) is 0 Å². The predicted molar refractivity (Wildman–Crippen MR) is 109 cm³/mol. The van der Waals surface area contributed by atoms with Gasteiger partial charge in [0.05, 0.1) is 27.0 Å². The molecule has 1 heterocycles. The van der Waals surface area contributed by atoms with Crippen molar-refractivity contribution in [3.05, 3.63) is 59.7 Å².